The van der Waals surface area contributed by atoms with Crippen LogP contribution in [0.25, 0.3) is 11.1 Å². The van der Waals surface area contributed by atoms with Gasteiger partial charge in [0.15, 0.2) is 0 Å². The zero-order valence-corrected chi connectivity index (χ0v) is 13.5. The number of aromatic hydroxyl groups is 1. The monoisotopic (exact) mass is 309 g/mol. The lowest BCUT2D eigenvalue weighted by Crippen LogP contribution is -1.97. The van der Waals surface area contributed by atoms with Crippen molar-refractivity contribution >= 4 is 5.69 Å². The van der Waals surface area contributed by atoms with Crippen molar-refractivity contribution in [1.82, 2.24) is 0 Å². The number of nitrogens with two attached hydrogens (primary N) is 1. The highest BCUT2D eigenvalue weighted by molar-refractivity contribution is 5.77. The van der Waals surface area contributed by atoms with Crippen molar-refractivity contribution in [2.45, 2.75) is 19.8 Å². The Kier molecular flexibility index (Phi) is 5.47. The standard InChI is InChI=1S/C20H23NO2/c1-4-7-14-9-10-19(23-6-3)17(11-14)16-12-15(8-5-2)20(22)18(21)13-16/h4-5,9-13,22H,1-2,6-8,21H2,3H3. The summed E-state index contributed by atoms with van der Waals surface area (Å²) in [4.78, 5) is 0. The second kappa shape index (κ2) is 7.54. The third-order valence-corrected chi connectivity index (χ3v) is 3.62. The summed E-state index contributed by atoms with van der Waals surface area (Å²) in [6.45, 7) is 10.1. The van der Waals surface area contributed by atoms with Gasteiger partial charge < -0.3 is 15.6 Å². The van der Waals surface area contributed by atoms with Crippen LogP contribution in [0.15, 0.2) is 55.6 Å². The van der Waals surface area contributed by atoms with E-state index in [1.807, 2.05) is 31.2 Å². The van der Waals surface area contributed by atoms with Gasteiger partial charge in [-0.2, -0.15) is 0 Å². The van der Waals surface area contributed by atoms with Crippen LogP contribution in [0, 0.1) is 0 Å². The Bertz CT molecular complexity index is 720. The van der Waals surface area contributed by atoms with Crippen molar-refractivity contribution in [3.63, 3.8) is 0 Å². The molecule has 0 spiro atoms. The second-order valence-corrected chi connectivity index (χ2v) is 5.32. The summed E-state index contributed by atoms with van der Waals surface area (Å²) in [6.07, 6.45) is 4.95. The molecule has 23 heavy (non-hydrogen) atoms. The Morgan fingerprint density at radius 2 is 1.87 bits per heavy atom. The van der Waals surface area contributed by atoms with Crippen molar-refractivity contribution in [3.05, 3.63) is 66.8 Å². The number of anilines is 1. The minimum absolute atomic E-state index is 0.119. The van der Waals surface area contributed by atoms with Crippen molar-refractivity contribution in [2.24, 2.45) is 0 Å². The minimum Gasteiger partial charge on any atom is -0.505 e. The van der Waals surface area contributed by atoms with Gasteiger partial charge in [-0.15, -0.1) is 13.2 Å². The maximum Gasteiger partial charge on any atom is 0.142 e. The van der Waals surface area contributed by atoms with Gasteiger partial charge in [-0.05, 0) is 55.2 Å². The third kappa shape index (κ3) is 3.75. The van der Waals surface area contributed by atoms with Gasteiger partial charge >= 0.3 is 0 Å². The minimum atomic E-state index is 0.119. The molecule has 120 valence electrons. The molecule has 0 atom stereocenters. The highest BCUT2D eigenvalue weighted by Gasteiger charge is 2.12. The molecule has 0 aromatic heterocycles. The Hall–Kier alpha value is -2.68. The molecule has 0 aliphatic carbocycles. The molecule has 2 rings (SSSR count). The number of phenols is 1. The van der Waals surface area contributed by atoms with E-state index in [0.717, 1.165) is 34.4 Å². The fourth-order valence-electron chi connectivity index (χ4n) is 2.56. The number of hydrogen-bond donors (Lipinski definition) is 2. The van der Waals surface area contributed by atoms with E-state index < -0.39 is 0 Å². The number of phenolic OH excluding ortho intramolecular Hbond substituents is 1. The Balaban J connectivity index is 2.60. The van der Waals surface area contributed by atoms with Crippen LogP contribution in [0.3, 0.4) is 0 Å². The average Bonchev–Trinajstić information content (AvgIpc) is 2.54. The molecule has 0 aliphatic rings. The van der Waals surface area contributed by atoms with Gasteiger partial charge in [0.25, 0.3) is 0 Å². The third-order valence-electron chi connectivity index (χ3n) is 3.62. The van der Waals surface area contributed by atoms with Crippen molar-refractivity contribution in [2.75, 3.05) is 12.3 Å². The van der Waals surface area contributed by atoms with Gasteiger partial charge in [-0.1, -0.05) is 18.2 Å². The smallest absolute Gasteiger partial charge is 0.142 e. The lowest BCUT2D eigenvalue weighted by molar-refractivity contribution is 0.341. The van der Waals surface area contributed by atoms with Crippen molar-refractivity contribution < 1.29 is 9.84 Å². The number of allylic oxidation sites excluding steroid dienone is 2. The molecule has 3 N–H and O–H groups in total. The zero-order chi connectivity index (χ0) is 16.8. The summed E-state index contributed by atoms with van der Waals surface area (Å²) in [7, 11) is 0. The first-order chi connectivity index (χ1) is 11.1. The summed E-state index contributed by atoms with van der Waals surface area (Å²) < 4.78 is 5.75. The van der Waals surface area contributed by atoms with E-state index in [1.54, 1.807) is 12.1 Å². The predicted octanol–water partition coefficient (Wildman–Crippen LogP) is 4.50. The highest BCUT2D eigenvalue weighted by Crippen LogP contribution is 2.37. The topological polar surface area (TPSA) is 55.5 Å². The molecule has 0 unspecified atom stereocenters. The number of benzene rings is 2. The lowest BCUT2D eigenvalue weighted by Gasteiger charge is -2.15. The number of nitrogen functional groups attached to an aromatic ring is 1. The van der Waals surface area contributed by atoms with Crippen molar-refractivity contribution in [1.29, 1.82) is 0 Å². The molecule has 0 saturated heterocycles. The van der Waals surface area contributed by atoms with Gasteiger partial charge in [0.2, 0.25) is 0 Å². The molecule has 2 aromatic rings. The van der Waals surface area contributed by atoms with Crippen LogP contribution in [0.5, 0.6) is 11.5 Å². The molecular formula is C20H23NO2. The molecule has 3 nitrogen and oxygen atoms in total. The van der Waals surface area contributed by atoms with Gasteiger partial charge in [0.1, 0.15) is 11.5 Å². The van der Waals surface area contributed by atoms with Crippen molar-refractivity contribution in [3.8, 4) is 22.6 Å². The first-order valence-electron chi connectivity index (χ1n) is 7.70. The summed E-state index contributed by atoms with van der Waals surface area (Å²) in [5.41, 5.74) is 10.1. The fraction of sp³-hybridized carbons (Fsp3) is 0.200. The van der Waals surface area contributed by atoms with E-state index in [9.17, 15) is 5.11 Å². The lowest BCUT2D eigenvalue weighted by atomic mass is 9.96. The van der Waals surface area contributed by atoms with E-state index in [-0.39, 0.29) is 5.75 Å². The first-order valence-corrected chi connectivity index (χ1v) is 7.70. The van der Waals surface area contributed by atoms with Gasteiger partial charge in [-0.25, -0.2) is 0 Å². The Morgan fingerprint density at radius 3 is 2.52 bits per heavy atom. The number of hydrogen-bond acceptors (Lipinski definition) is 3. The normalized spacial score (nSPS) is 10.3. The quantitative estimate of drug-likeness (QED) is 0.450. The van der Waals surface area contributed by atoms with Gasteiger partial charge in [0, 0.05) is 11.1 Å². The zero-order valence-electron chi connectivity index (χ0n) is 13.5. The SMILES string of the molecule is C=CCc1ccc(OCC)c(-c2cc(N)c(O)c(CC=C)c2)c1. The molecule has 3 heteroatoms. The van der Waals surface area contributed by atoms with Gasteiger partial charge in [-0.3, -0.25) is 0 Å². The molecule has 2 aromatic carbocycles. The maximum absolute atomic E-state index is 10.1. The summed E-state index contributed by atoms with van der Waals surface area (Å²) in [5, 5.41) is 10.1. The predicted molar refractivity (Wildman–Crippen MR) is 96.9 cm³/mol. The van der Waals surface area contributed by atoms with E-state index in [2.05, 4.69) is 19.2 Å². The van der Waals surface area contributed by atoms with Crippen LogP contribution < -0.4 is 10.5 Å². The summed E-state index contributed by atoms with van der Waals surface area (Å²) >= 11 is 0. The first kappa shape index (κ1) is 16.7. The van der Waals surface area contributed by atoms with Crippen LogP contribution >= 0.6 is 0 Å². The fourth-order valence-corrected chi connectivity index (χ4v) is 2.56. The van der Waals surface area contributed by atoms with Crippen LogP contribution in [-0.4, -0.2) is 11.7 Å². The van der Waals surface area contributed by atoms with E-state index >= 15 is 0 Å². The largest absolute Gasteiger partial charge is 0.505 e. The molecule has 0 fully saturated rings. The molecule has 0 bridgehead atoms. The molecule has 0 amide bonds. The van der Waals surface area contributed by atoms with Gasteiger partial charge in [0.05, 0.1) is 12.3 Å². The average molecular weight is 309 g/mol. The molecular weight excluding hydrogens is 286 g/mol. The number of ether oxygens (including phenoxy) is 1. The highest BCUT2D eigenvalue weighted by atomic mass is 16.5. The van der Waals surface area contributed by atoms with E-state index in [0.29, 0.717) is 18.7 Å². The Morgan fingerprint density at radius 1 is 1.13 bits per heavy atom. The maximum atomic E-state index is 10.1. The van der Waals surface area contributed by atoms with Crippen LogP contribution in [-0.2, 0) is 12.8 Å². The molecule has 0 radical (unpaired) electrons. The molecule has 0 aliphatic heterocycles. The van der Waals surface area contributed by atoms with Crippen LogP contribution in [0.1, 0.15) is 18.1 Å². The van der Waals surface area contributed by atoms with Crippen LogP contribution in [0.2, 0.25) is 0 Å². The molecule has 0 saturated carbocycles. The second-order valence-electron chi connectivity index (χ2n) is 5.32. The summed E-state index contributed by atoms with van der Waals surface area (Å²) in [6, 6.07) is 9.79. The number of rotatable bonds is 7. The Labute approximate surface area is 137 Å². The van der Waals surface area contributed by atoms with Crippen LogP contribution in [0.4, 0.5) is 5.69 Å². The molecule has 0 heterocycles. The van der Waals surface area contributed by atoms with E-state index in [4.69, 9.17) is 10.5 Å². The van der Waals surface area contributed by atoms with E-state index in [1.165, 1.54) is 0 Å². The summed E-state index contributed by atoms with van der Waals surface area (Å²) in [5.74, 6) is 0.920.